The van der Waals surface area contributed by atoms with E-state index in [2.05, 4.69) is 30.0 Å². The summed E-state index contributed by atoms with van der Waals surface area (Å²) >= 11 is 0. The standard InChI is InChI=1S/C26H30F4N6O4S/c1-23(2,3)40-22(38)35-21-24(4,5)41(39)17(11-26(29,30)13-32-41)25(6,36-21)19-15(28)8-10-18(33-19)34-20(37)16-9-7-14(27)12-31-16/h7-10,12,17H,11,13H2,1-6H3,(H,33,34,37)(H,35,36,38)/t17-,25+,41-/m1/s1. The number of anilines is 1. The molecule has 0 saturated heterocycles. The lowest BCUT2D eigenvalue weighted by Gasteiger charge is -2.49. The van der Waals surface area contributed by atoms with Crippen molar-refractivity contribution in [1.29, 1.82) is 0 Å². The Kier molecular flexibility index (Phi) is 7.42. The first-order valence-corrected chi connectivity index (χ1v) is 14.1. The van der Waals surface area contributed by atoms with Crippen molar-refractivity contribution in [2.45, 2.75) is 75.0 Å². The predicted molar refractivity (Wildman–Crippen MR) is 143 cm³/mol. The van der Waals surface area contributed by atoms with E-state index in [1.54, 1.807) is 20.8 Å². The van der Waals surface area contributed by atoms with Crippen LogP contribution in [0.15, 0.2) is 39.8 Å². The zero-order chi connectivity index (χ0) is 30.6. The number of alkyl carbamates (subject to hydrolysis) is 1. The molecular weight excluding hydrogens is 568 g/mol. The topological polar surface area (TPSA) is 135 Å². The summed E-state index contributed by atoms with van der Waals surface area (Å²) < 4.78 is 80.4. The Morgan fingerprint density at radius 2 is 1.76 bits per heavy atom. The van der Waals surface area contributed by atoms with Crippen molar-refractivity contribution in [2.24, 2.45) is 9.36 Å². The van der Waals surface area contributed by atoms with Crippen molar-refractivity contribution in [3.05, 3.63) is 53.5 Å². The number of rotatable bonds is 3. The molecule has 10 nitrogen and oxygen atoms in total. The van der Waals surface area contributed by atoms with Crippen molar-refractivity contribution in [3.8, 4) is 0 Å². The summed E-state index contributed by atoms with van der Waals surface area (Å²) in [5, 5.41) is 3.33. The monoisotopic (exact) mass is 598 g/mol. The fourth-order valence-electron chi connectivity index (χ4n) is 4.67. The molecule has 15 heteroatoms. The summed E-state index contributed by atoms with van der Waals surface area (Å²) in [6.45, 7) is 8.01. The number of fused-ring (bicyclic) bond motifs is 1. The van der Waals surface area contributed by atoms with Gasteiger partial charge in [0, 0.05) is 6.42 Å². The summed E-state index contributed by atoms with van der Waals surface area (Å²) in [7, 11) is -3.67. The Hall–Kier alpha value is -3.62. The van der Waals surface area contributed by atoms with Gasteiger partial charge in [-0.2, -0.15) is 0 Å². The van der Waals surface area contributed by atoms with E-state index in [0.29, 0.717) is 0 Å². The molecule has 2 aliphatic rings. The van der Waals surface area contributed by atoms with Gasteiger partial charge in [-0.1, -0.05) is 0 Å². The lowest BCUT2D eigenvalue weighted by Crippen LogP contribution is -2.64. The van der Waals surface area contributed by atoms with Gasteiger partial charge in [0.25, 0.3) is 11.8 Å². The highest BCUT2D eigenvalue weighted by Gasteiger charge is 2.61. The van der Waals surface area contributed by atoms with Crippen LogP contribution in [-0.4, -0.2) is 60.1 Å². The molecule has 0 radical (unpaired) electrons. The summed E-state index contributed by atoms with van der Waals surface area (Å²) in [6.07, 6.45) is -1.06. The Morgan fingerprint density at radius 3 is 2.37 bits per heavy atom. The number of amidine groups is 1. The van der Waals surface area contributed by atoms with Gasteiger partial charge in [0.15, 0.2) is 0 Å². The second-order valence-corrected chi connectivity index (χ2v) is 14.5. The highest BCUT2D eigenvalue weighted by molar-refractivity contribution is 7.96. The number of hydrogen-bond acceptors (Lipinski definition) is 8. The number of nitrogens with zero attached hydrogens (tertiary/aromatic N) is 4. The average molecular weight is 599 g/mol. The maximum absolute atomic E-state index is 15.5. The van der Waals surface area contributed by atoms with E-state index in [1.165, 1.54) is 20.8 Å². The second kappa shape index (κ2) is 10.0. The summed E-state index contributed by atoms with van der Waals surface area (Å²) in [5.41, 5.74) is -3.62. The number of halogens is 4. The number of nitrogens with one attached hydrogen (secondary N) is 2. The molecule has 0 bridgehead atoms. The Labute approximate surface area is 234 Å². The van der Waals surface area contributed by atoms with Crippen LogP contribution in [-0.2, 0) is 20.0 Å². The Balaban J connectivity index is 1.85. The highest BCUT2D eigenvalue weighted by Crippen LogP contribution is 2.50. The lowest BCUT2D eigenvalue weighted by molar-refractivity contribution is -0.00694. The lowest BCUT2D eigenvalue weighted by atomic mass is 9.88. The summed E-state index contributed by atoms with van der Waals surface area (Å²) in [4.78, 5) is 37.7. The molecule has 41 heavy (non-hydrogen) atoms. The number of carbonyl (C=O) groups excluding carboxylic acids is 2. The molecule has 2 amide bonds. The molecule has 0 unspecified atom stereocenters. The Bertz CT molecular complexity index is 1550. The van der Waals surface area contributed by atoms with Crippen LogP contribution in [0.2, 0.25) is 0 Å². The van der Waals surface area contributed by atoms with Crippen LogP contribution in [0.25, 0.3) is 0 Å². The van der Waals surface area contributed by atoms with Crippen LogP contribution in [0, 0.1) is 11.6 Å². The van der Waals surface area contributed by atoms with E-state index in [9.17, 15) is 27.0 Å². The minimum Gasteiger partial charge on any atom is -0.444 e. The first-order chi connectivity index (χ1) is 18.8. The third-order valence-electron chi connectivity index (χ3n) is 6.78. The molecule has 0 spiro atoms. The van der Waals surface area contributed by atoms with Crippen LogP contribution in [0.3, 0.4) is 0 Å². The number of ether oxygens (including phenoxy) is 1. The van der Waals surface area contributed by atoms with Crippen LogP contribution in [0.4, 0.5) is 28.2 Å². The number of aromatic nitrogens is 2. The smallest absolute Gasteiger partial charge is 0.413 e. The molecule has 2 aromatic rings. The average Bonchev–Trinajstić information content (AvgIpc) is 2.84. The first-order valence-electron chi connectivity index (χ1n) is 12.6. The first kappa shape index (κ1) is 30.3. The molecule has 0 saturated carbocycles. The number of amides is 2. The molecule has 0 fully saturated rings. The van der Waals surface area contributed by atoms with E-state index in [4.69, 9.17) is 4.74 Å². The zero-order valence-electron chi connectivity index (χ0n) is 23.2. The third-order valence-corrected chi connectivity index (χ3v) is 10.3. The number of hydrogen-bond donors (Lipinski definition) is 2. The molecule has 3 atom stereocenters. The van der Waals surface area contributed by atoms with Gasteiger partial charge in [-0.3, -0.25) is 15.1 Å². The second-order valence-electron chi connectivity index (χ2n) is 11.5. The van der Waals surface area contributed by atoms with Gasteiger partial charge in [0.1, 0.15) is 57.1 Å². The quantitative estimate of drug-likeness (QED) is 0.487. The van der Waals surface area contributed by atoms with Crippen LogP contribution >= 0.6 is 0 Å². The van der Waals surface area contributed by atoms with Crippen molar-refractivity contribution >= 4 is 33.4 Å². The third kappa shape index (κ3) is 5.76. The van der Waals surface area contributed by atoms with Gasteiger partial charge in [0.05, 0.1) is 21.2 Å². The molecule has 2 aromatic heterocycles. The van der Waals surface area contributed by atoms with Gasteiger partial charge >= 0.3 is 6.09 Å². The molecule has 0 aliphatic carbocycles. The maximum atomic E-state index is 15.5. The van der Waals surface area contributed by atoms with E-state index in [0.717, 1.165) is 30.5 Å². The van der Waals surface area contributed by atoms with Crippen molar-refractivity contribution in [2.75, 3.05) is 11.9 Å². The predicted octanol–water partition coefficient (Wildman–Crippen LogP) is 4.81. The van der Waals surface area contributed by atoms with Crippen molar-refractivity contribution < 1.29 is 36.1 Å². The molecule has 4 rings (SSSR count). The summed E-state index contributed by atoms with van der Waals surface area (Å²) in [6, 6.07) is 4.21. The highest BCUT2D eigenvalue weighted by atomic mass is 32.2. The molecule has 2 aliphatic heterocycles. The van der Waals surface area contributed by atoms with Crippen LogP contribution in [0.1, 0.15) is 64.1 Å². The largest absolute Gasteiger partial charge is 0.444 e. The molecule has 0 aromatic carbocycles. The van der Waals surface area contributed by atoms with Crippen LogP contribution in [0.5, 0.6) is 0 Å². The minimum atomic E-state index is -3.67. The number of aliphatic imine (C=N–C) groups is 1. The van der Waals surface area contributed by atoms with Crippen LogP contribution < -0.4 is 10.6 Å². The Morgan fingerprint density at radius 1 is 1.07 bits per heavy atom. The minimum absolute atomic E-state index is 0.166. The van der Waals surface area contributed by atoms with E-state index in [1.807, 2.05) is 0 Å². The molecule has 4 heterocycles. The maximum Gasteiger partial charge on any atom is 0.413 e. The van der Waals surface area contributed by atoms with E-state index >= 15 is 4.39 Å². The summed E-state index contributed by atoms with van der Waals surface area (Å²) in [5.74, 6) is -6.23. The fourth-order valence-corrected chi connectivity index (χ4v) is 7.90. The van der Waals surface area contributed by atoms with E-state index in [-0.39, 0.29) is 17.3 Å². The van der Waals surface area contributed by atoms with Gasteiger partial charge in [0.2, 0.25) is 0 Å². The van der Waals surface area contributed by atoms with Gasteiger partial charge < -0.3 is 10.1 Å². The van der Waals surface area contributed by atoms with Gasteiger partial charge in [-0.15, -0.1) is 0 Å². The molecule has 2 N–H and O–H groups in total. The molecule has 222 valence electrons. The van der Waals surface area contributed by atoms with Gasteiger partial charge in [-0.05, 0) is 65.8 Å². The van der Waals surface area contributed by atoms with Crippen molar-refractivity contribution in [1.82, 2.24) is 15.3 Å². The fraction of sp³-hybridized carbons (Fsp3) is 0.500. The SMILES string of the molecule is CC(C)(C)OC(=O)NC1=N[C@](C)(c2nc(NC(=O)c3ccc(F)cn3)ccc2F)[C@H]2CC(F)(F)CN=[S@]2(=O)C1(C)C. The number of alkyl halides is 2. The van der Waals surface area contributed by atoms with E-state index < -0.39 is 79.1 Å². The number of carbonyl (C=O) groups is 2. The normalized spacial score (nSPS) is 26.6. The zero-order valence-corrected chi connectivity index (χ0v) is 24.0. The van der Waals surface area contributed by atoms with Crippen molar-refractivity contribution in [3.63, 3.8) is 0 Å². The molecular formula is C26H30F4N6O4S. The van der Waals surface area contributed by atoms with Gasteiger partial charge in [-0.25, -0.2) is 40.9 Å². The number of pyridine rings is 2.